The van der Waals surface area contributed by atoms with Gasteiger partial charge >= 0.3 is 0 Å². The number of nitriles is 1. The Morgan fingerprint density at radius 3 is 2.43 bits per heavy atom. The molecule has 8 nitrogen and oxygen atoms in total. The van der Waals surface area contributed by atoms with Gasteiger partial charge in [-0.25, -0.2) is 17.6 Å². The Labute approximate surface area is 242 Å². The highest BCUT2D eigenvalue weighted by atomic mass is 19.3. The van der Waals surface area contributed by atoms with E-state index in [9.17, 15) is 33.1 Å². The number of likely N-dealkylation sites (tertiary alicyclic amines) is 1. The van der Waals surface area contributed by atoms with Crippen LogP contribution in [-0.2, 0) is 15.0 Å². The van der Waals surface area contributed by atoms with Gasteiger partial charge in [-0.3, -0.25) is 24.4 Å². The van der Waals surface area contributed by atoms with E-state index in [1.165, 1.54) is 25.3 Å². The molecule has 1 aliphatic heterocycles. The number of aromatic nitrogens is 1. The maximum atomic E-state index is 15.5. The number of pyridine rings is 1. The number of halogens is 4. The highest BCUT2D eigenvalue weighted by Crippen LogP contribution is 2.37. The number of carbonyl (C=O) groups excluding carboxylic acids is 2. The van der Waals surface area contributed by atoms with Gasteiger partial charge in [-0.1, -0.05) is 26.8 Å². The highest BCUT2D eigenvalue weighted by Gasteiger charge is 2.47. The summed E-state index contributed by atoms with van der Waals surface area (Å²) in [5, 5.41) is 23.1. The van der Waals surface area contributed by atoms with E-state index >= 15 is 4.39 Å². The summed E-state index contributed by atoms with van der Waals surface area (Å²) in [4.78, 5) is 34.1. The van der Waals surface area contributed by atoms with Gasteiger partial charge in [0.2, 0.25) is 11.8 Å². The fourth-order valence-electron chi connectivity index (χ4n) is 5.68. The van der Waals surface area contributed by atoms with E-state index in [1.807, 2.05) is 27.0 Å². The Morgan fingerprint density at radius 1 is 1.19 bits per heavy atom. The molecule has 12 heteroatoms. The van der Waals surface area contributed by atoms with Crippen LogP contribution in [0.5, 0.6) is 0 Å². The fourth-order valence-corrected chi connectivity index (χ4v) is 5.68. The lowest BCUT2D eigenvalue weighted by molar-refractivity contribution is -0.129. The van der Waals surface area contributed by atoms with Gasteiger partial charge in [0.25, 0.3) is 5.91 Å². The van der Waals surface area contributed by atoms with Gasteiger partial charge in [-0.2, -0.15) is 5.26 Å². The summed E-state index contributed by atoms with van der Waals surface area (Å²) < 4.78 is 57.5. The molecule has 4 rings (SSSR count). The van der Waals surface area contributed by atoms with Crippen molar-refractivity contribution in [3.05, 3.63) is 59.4 Å². The van der Waals surface area contributed by atoms with Gasteiger partial charge in [-0.15, -0.1) is 0 Å². The summed E-state index contributed by atoms with van der Waals surface area (Å²) in [6.45, 7) is 6.73. The van der Waals surface area contributed by atoms with Crippen LogP contribution in [0, 0.1) is 23.1 Å². The van der Waals surface area contributed by atoms with E-state index in [0.29, 0.717) is 5.56 Å². The zero-order chi connectivity index (χ0) is 31.0. The molecule has 2 N–H and O–H groups in total. The average molecular weight is 590 g/mol. The van der Waals surface area contributed by atoms with Gasteiger partial charge < -0.3 is 10.4 Å². The van der Waals surface area contributed by atoms with Crippen molar-refractivity contribution in [3.8, 4) is 6.19 Å². The lowest BCUT2D eigenvalue weighted by Gasteiger charge is -2.36. The number of anilines is 1. The van der Waals surface area contributed by atoms with Crippen molar-refractivity contribution < 1.29 is 32.3 Å². The standard InChI is InChI=1S/C30H35F4N5O3/c1-28(2,3)22-6-5-21(12-23(22)32)39(27(41)24-13-29(4,42)16-38(24)17-35)25(18-11-19(31)15-36-14-18)26(40)37-20-7-9-30(33,34)10-8-20/h5-6,11-12,14-15,20,24-25,42H,7-10,13,16H2,1-4H3,(H,37,40). The number of amides is 2. The molecule has 42 heavy (non-hydrogen) atoms. The van der Waals surface area contributed by atoms with Crippen molar-refractivity contribution in [3.63, 3.8) is 0 Å². The third-order valence-electron chi connectivity index (χ3n) is 7.82. The van der Waals surface area contributed by atoms with Gasteiger partial charge in [0.15, 0.2) is 6.19 Å². The van der Waals surface area contributed by atoms with Gasteiger partial charge in [0.1, 0.15) is 23.7 Å². The Morgan fingerprint density at radius 2 is 1.86 bits per heavy atom. The van der Waals surface area contributed by atoms with E-state index in [2.05, 4.69) is 10.3 Å². The zero-order valence-corrected chi connectivity index (χ0v) is 24.0. The van der Waals surface area contributed by atoms with Crippen LogP contribution in [0.15, 0.2) is 36.7 Å². The molecule has 2 fully saturated rings. The Bertz CT molecular complexity index is 1380. The minimum Gasteiger partial charge on any atom is -0.388 e. The second-order valence-electron chi connectivity index (χ2n) is 12.5. The van der Waals surface area contributed by atoms with Gasteiger partial charge in [-0.05, 0) is 48.9 Å². The molecule has 1 saturated heterocycles. The van der Waals surface area contributed by atoms with Crippen LogP contribution in [0.2, 0.25) is 0 Å². The Kier molecular flexibility index (Phi) is 8.56. The maximum Gasteiger partial charge on any atom is 0.251 e. The van der Waals surface area contributed by atoms with Crippen molar-refractivity contribution in [2.45, 2.75) is 94.9 Å². The number of rotatable bonds is 6. The minimum atomic E-state index is -2.85. The summed E-state index contributed by atoms with van der Waals surface area (Å²) in [7, 11) is 0. The molecule has 2 amide bonds. The number of hydrogen-bond acceptors (Lipinski definition) is 6. The second-order valence-corrected chi connectivity index (χ2v) is 12.5. The predicted molar refractivity (Wildman–Crippen MR) is 146 cm³/mol. The molecule has 226 valence electrons. The molecule has 3 unspecified atom stereocenters. The number of nitrogens with zero attached hydrogens (tertiary/aromatic N) is 4. The van der Waals surface area contributed by atoms with Crippen molar-refractivity contribution in [2.75, 3.05) is 11.4 Å². The maximum absolute atomic E-state index is 15.5. The Hall–Kier alpha value is -3.72. The first-order chi connectivity index (χ1) is 19.5. The van der Waals surface area contributed by atoms with Crippen LogP contribution in [-0.4, -0.2) is 57.0 Å². The predicted octanol–water partition coefficient (Wildman–Crippen LogP) is 4.73. The first-order valence-electron chi connectivity index (χ1n) is 13.8. The third kappa shape index (κ3) is 6.84. The topological polar surface area (TPSA) is 110 Å². The molecule has 0 bridgehead atoms. The van der Waals surface area contributed by atoms with Gasteiger partial charge in [0.05, 0.1) is 18.3 Å². The number of hydrogen-bond donors (Lipinski definition) is 2. The average Bonchev–Trinajstić information content (AvgIpc) is 3.21. The normalized spacial score (nSPS) is 23.2. The third-order valence-corrected chi connectivity index (χ3v) is 7.82. The van der Waals surface area contributed by atoms with Crippen molar-refractivity contribution >= 4 is 17.5 Å². The van der Waals surface area contributed by atoms with Crippen molar-refractivity contribution in [1.29, 1.82) is 5.26 Å². The number of β-amino-alcohol motifs (C(OH)–C–C–N with tert-alkyl or cyclic N) is 1. The molecular formula is C30H35F4N5O3. The lowest BCUT2D eigenvalue weighted by atomic mass is 9.86. The van der Waals surface area contributed by atoms with Crippen LogP contribution >= 0.6 is 0 Å². The van der Waals surface area contributed by atoms with Crippen LogP contribution in [0.4, 0.5) is 23.2 Å². The van der Waals surface area contributed by atoms with E-state index in [1.54, 1.807) is 0 Å². The monoisotopic (exact) mass is 589 g/mol. The summed E-state index contributed by atoms with van der Waals surface area (Å²) >= 11 is 0. The molecule has 3 atom stereocenters. The number of benzene rings is 1. The second kappa shape index (κ2) is 11.5. The van der Waals surface area contributed by atoms with Crippen LogP contribution in [0.3, 0.4) is 0 Å². The van der Waals surface area contributed by atoms with Crippen molar-refractivity contribution in [1.82, 2.24) is 15.2 Å². The summed E-state index contributed by atoms with van der Waals surface area (Å²) in [6, 6.07) is 1.59. The zero-order valence-electron chi connectivity index (χ0n) is 24.0. The molecule has 2 aliphatic rings. The summed E-state index contributed by atoms with van der Waals surface area (Å²) in [5.41, 5.74) is -1.75. The SMILES string of the molecule is CC1(O)CC(C(=O)N(c2ccc(C(C)(C)C)c(F)c2)C(C(=O)NC2CCC(F)(F)CC2)c2cncc(F)c2)N(C#N)C1. The molecular weight excluding hydrogens is 554 g/mol. The van der Waals surface area contributed by atoms with E-state index in [0.717, 1.165) is 28.1 Å². The molecule has 1 aromatic carbocycles. The van der Waals surface area contributed by atoms with Gasteiger partial charge in [0, 0.05) is 42.8 Å². The highest BCUT2D eigenvalue weighted by molar-refractivity contribution is 6.04. The molecule has 1 saturated carbocycles. The van der Waals surface area contributed by atoms with Crippen LogP contribution < -0.4 is 10.2 Å². The number of alkyl halides is 2. The number of carbonyl (C=O) groups is 2. The summed E-state index contributed by atoms with van der Waals surface area (Å²) in [5.74, 6) is -5.91. The number of aliphatic hydroxyl groups is 1. The molecule has 1 aromatic heterocycles. The van der Waals surface area contributed by atoms with Crippen LogP contribution in [0.1, 0.15) is 77.0 Å². The molecule has 1 aliphatic carbocycles. The molecule has 0 spiro atoms. The smallest absolute Gasteiger partial charge is 0.251 e. The van der Waals surface area contributed by atoms with Crippen LogP contribution in [0.25, 0.3) is 0 Å². The molecule has 2 heterocycles. The van der Waals surface area contributed by atoms with E-state index in [4.69, 9.17) is 0 Å². The molecule has 2 aromatic rings. The number of nitrogens with one attached hydrogen (secondary N) is 1. The first kappa shape index (κ1) is 31.2. The first-order valence-corrected chi connectivity index (χ1v) is 13.8. The molecule has 0 radical (unpaired) electrons. The lowest BCUT2D eigenvalue weighted by Crippen LogP contribution is -2.52. The Balaban J connectivity index is 1.84. The van der Waals surface area contributed by atoms with E-state index in [-0.39, 0.29) is 37.1 Å². The fraction of sp³-hybridized carbons (Fsp3) is 0.533. The summed E-state index contributed by atoms with van der Waals surface area (Å²) in [6.07, 6.45) is 2.96. The van der Waals surface area contributed by atoms with Crippen molar-refractivity contribution in [2.24, 2.45) is 0 Å². The largest absolute Gasteiger partial charge is 0.388 e. The quantitative estimate of drug-likeness (QED) is 0.373. The van der Waals surface area contributed by atoms with E-state index < -0.39 is 71.4 Å². The minimum absolute atomic E-state index is 0.0105.